The van der Waals surface area contributed by atoms with E-state index in [2.05, 4.69) is 67.8 Å². The maximum Gasteiger partial charge on any atom is 0.268 e. The third kappa shape index (κ3) is 67.6. The molecule has 83 heavy (non-hydrogen) atoms. The van der Waals surface area contributed by atoms with Gasteiger partial charge < -0.3 is 28.8 Å². The second-order valence-corrected chi connectivity index (χ2v) is 27.3. The quantitative estimate of drug-likeness (QED) is 0.0272. The van der Waals surface area contributed by atoms with E-state index < -0.39 is 26.6 Å². The number of unbranched alkanes of at least 4 members (excludes halogenated alkanes) is 46. The summed E-state index contributed by atoms with van der Waals surface area (Å²) in [6.45, 7) is 4.66. The standard InChI is InChI=1S/C74H141N2O6P/c1-6-8-10-12-14-16-18-20-22-24-26-28-30-32-33-34-35-36-37-38-39-40-41-42-43-44-46-48-50-52-54-56-58-60-62-64-66-68-74(78)75-72(71-82-83(79,80)81-70-69-76(3,4)5)73(77)67-65-63-61-59-57-55-53-51-49-47-45-31-29-27-25-23-21-19-17-15-13-11-9-7-2/h18,20,24,26,30,32,57,59,65,67,72-73,77H,6-17,19,21-23,25,27-29,31,33-56,58,60-64,66,68-71H2,1-5H3,(H-,75,78,79,80)/b20-18-,26-24-,32-30-,59-57+,67-65+. The second-order valence-electron chi connectivity index (χ2n) is 25.9. The molecule has 0 radical (unpaired) electrons. The molecule has 2 N–H and O–H groups in total. The SMILES string of the molecule is CCCCCCC/C=C\C/C=C\C/C=C\CCCCCCCCCCCCCCCCCCCCCCCCC(=O)NC(COP(=O)([O-])OCC[N+](C)(C)C)C(O)/C=C/CC/C=C/CCCCCCCCCCCCCCCCCCCC. The Balaban J connectivity index is 4.02. The number of nitrogens with one attached hydrogen (secondary N) is 1. The smallest absolute Gasteiger partial charge is 0.268 e. The Kier molecular flexibility index (Phi) is 63.3. The summed E-state index contributed by atoms with van der Waals surface area (Å²) in [5.41, 5.74) is 0. The zero-order valence-electron chi connectivity index (χ0n) is 55.9. The molecule has 3 atom stereocenters. The molecule has 0 aromatic heterocycles. The van der Waals surface area contributed by atoms with Crippen molar-refractivity contribution in [3.8, 4) is 0 Å². The lowest BCUT2D eigenvalue weighted by Gasteiger charge is -2.29. The van der Waals surface area contributed by atoms with Gasteiger partial charge in [-0.1, -0.05) is 338 Å². The van der Waals surface area contributed by atoms with E-state index in [1.165, 1.54) is 283 Å². The monoisotopic (exact) mass is 1190 g/mol. The third-order valence-electron chi connectivity index (χ3n) is 16.4. The molecule has 3 unspecified atom stereocenters. The Morgan fingerprint density at radius 1 is 0.422 bits per heavy atom. The van der Waals surface area contributed by atoms with Crippen molar-refractivity contribution in [1.29, 1.82) is 0 Å². The lowest BCUT2D eigenvalue weighted by Crippen LogP contribution is -2.45. The van der Waals surface area contributed by atoms with Crippen molar-refractivity contribution in [2.45, 2.75) is 366 Å². The van der Waals surface area contributed by atoms with Crippen LogP contribution in [0.5, 0.6) is 0 Å². The van der Waals surface area contributed by atoms with Crippen molar-refractivity contribution in [2.24, 2.45) is 0 Å². The van der Waals surface area contributed by atoms with Gasteiger partial charge in [-0.3, -0.25) is 9.36 Å². The Morgan fingerprint density at radius 2 is 0.711 bits per heavy atom. The fourth-order valence-electron chi connectivity index (χ4n) is 10.8. The van der Waals surface area contributed by atoms with Gasteiger partial charge in [-0.05, 0) is 70.6 Å². The molecule has 0 aliphatic rings. The van der Waals surface area contributed by atoms with Crippen LogP contribution in [0.1, 0.15) is 354 Å². The number of carbonyl (C=O) groups excluding carboxylic acids is 1. The van der Waals surface area contributed by atoms with Crippen molar-refractivity contribution in [1.82, 2.24) is 5.32 Å². The molecule has 0 aliphatic heterocycles. The highest BCUT2D eigenvalue weighted by molar-refractivity contribution is 7.45. The van der Waals surface area contributed by atoms with Crippen LogP contribution in [0.15, 0.2) is 60.8 Å². The van der Waals surface area contributed by atoms with Gasteiger partial charge in [0, 0.05) is 6.42 Å². The minimum atomic E-state index is -4.61. The highest BCUT2D eigenvalue weighted by Crippen LogP contribution is 2.38. The molecule has 0 aliphatic carbocycles. The number of likely N-dealkylation sites (N-methyl/N-ethyl adjacent to an activating group) is 1. The molecule has 0 heterocycles. The largest absolute Gasteiger partial charge is 0.756 e. The van der Waals surface area contributed by atoms with Crippen molar-refractivity contribution in [3.05, 3.63) is 60.8 Å². The van der Waals surface area contributed by atoms with Crippen LogP contribution in [0.25, 0.3) is 0 Å². The average molecular weight is 1190 g/mol. The predicted molar refractivity (Wildman–Crippen MR) is 362 cm³/mol. The van der Waals surface area contributed by atoms with Crippen LogP contribution in [-0.2, 0) is 18.4 Å². The van der Waals surface area contributed by atoms with Crippen LogP contribution >= 0.6 is 7.82 Å². The Labute approximate surface area is 517 Å². The number of amides is 1. The van der Waals surface area contributed by atoms with Crippen molar-refractivity contribution in [3.63, 3.8) is 0 Å². The van der Waals surface area contributed by atoms with Crippen molar-refractivity contribution in [2.75, 3.05) is 40.9 Å². The topological polar surface area (TPSA) is 108 Å². The number of phosphoric ester groups is 1. The highest BCUT2D eigenvalue weighted by atomic mass is 31.2. The Bertz CT molecular complexity index is 1540. The summed E-state index contributed by atoms with van der Waals surface area (Å²) in [7, 11) is 1.26. The lowest BCUT2D eigenvalue weighted by molar-refractivity contribution is -0.870. The maximum absolute atomic E-state index is 13.0. The van der Waals surface area contributed by atoms with Crippen LogP contribution in [0.3, 0.4) is 0 Å². The van der Waals surface area contributed by atoms with Crippen LogP contribution in [-0.4, -0.2) is 68.5 Å². The van der Waals surface area contributed by atoms with Crippen LogP contribution in [0, 0.1) is 0 Å². The molecule has 0 aromatic rings. The average Bonchev–Trinajstić information content (AvgIpc) is 3.50. The Hall–Kier alpha value is -1.80. The number of quaternary nitrogens is 1. The van der Waals surface area contributed by atoms with Crippen LogP contribution in [0.4, 0.5) is 0 Å². The fraction of sp³-hybridized carbons (Fsp3) is 0.851. The molecule has 0 aromatic carbocycles. The van der Waals surface area contributed by atoms with Gasteiger partial charge in [0.15, 0.2) is 0 Å². The molecule has 1 amide bonds. The van der Waals surface area contributed by atoms with Gasteiger partial charge in [-0.15, -0.1) is 0 Å². The normalized spacial score (nSPS) is 14.0. The van der Waals surface area contributed by atoms with E-state index >= 15 is 0 Å². The van der Waals surface area contributed by atoms with Gasteiger partial charge in [-0.25, -0.2) is 0 Å². The molecule has 0 saturated heterocycles. The number of hydrogen-bond acceptors (Lipinski definition) is 6. The number of rotatable bonds is 67. The van der Waals surface area contributed by atoms with E-state index in [0.717, 1.165) is 51.4 Å². The Morgan fingerprint density at radius 3 is 1.06 bits per heavy atom. The number of aliphatic hydroxyl groups excluding tert-OH is 1. The summed E-state index contributed by atoms with van der Waals surface area (Å²) >= 11 is 0. The van der Waals surface area contributed by atoms with E-state index in [-0.39, 0.29) is 12.5 Å². The molecule has 0 bridgehead atoms. The number of hydrogen-bond donors (Lipinski definition) is 2. The van der Waals surface area contributed by atoms with Crippen LogP contribution in [0.2, 0.25) is 0 Å². The first-order valence-electron chi connectivity index (χ1n) is 36.2. The second kappa shape index (κ2) is 64.7. The molecule has 0 rings (SSSR count). The lowest BCUT2D eigenvalue weighted by atomic mass is 10.0. The first-order valence-corrected chi connectivity index (χ1v) is 37.6. The summed E-state index contributed by atoms with van der Waals surface area (Å²) in [5.74, 6) is -0.201. The summed E-state index contributed by atoms with van der Waals surface area (Å²) in [5, 5.41) is 13.9. The first kappa shape index (κ1) is 81.2. The van der Waals surface area contributed by atoms with Gasteiger partial charge in [-0.2, -0.15) is 0 Å². The molecular weight excluding hydrogens is 1040 g/mol. The van der Waals surface area contributed by atoms with E-state index in [1.807, 2.05) is 27.2 Å². The minimum absolute atomic E-state index is 0.00567. The number of aliphatic hydroxyl groups is 1. The van der Waals surface area contributed by atoms with E-state index in [1.54, 1.807) is 6.08 Å². The minimum Gasteiger partial charge on any atom is -0.756 e. The van der Waals surface area contributed by atoms with E-state index in [0.29, 0.717) is 17.4 Å². The highest BCUT2D eigenvalue weighted by Gasteiger charge is 2.23. The zero-order valence-corrected chi connectivity index (χ0v) is 56.8. The van der Waals surface area contributed by atoms with Gasteiger partial charge in [0.1, 0.15) is 13.2 Å². The molecule has 488 valence electrons. The molecule has 0 fully saturated rings. The van der Waals surface area contributed by atoms with Gasteiger partial charge in [0.2, 0.25) is 5.91 Å². The van der Waals surface area contributed by atoms with Gasteiger partial charge in [0.05, 0.1) is 39.9 Å². The third-order valence-corrected chi connectivity index (χ3v) is 17.4. The summed E-state index contributed by atoms with van der Waals surface area (Å²) in [6.07, 6.45) is 89.3. The van der Waals surface area contributed by atoms with Crippen molar-refractivity contribution < 1.29 is 32.9 Å². The summed E-state index contributed by atoms with van der Waals surface area (Å²) in [4.78, 5) is 25.6. The number of nitrogens with zero attached hydrogens (tertiary/aromatic N) is 1. The first-order chi connectivity index (χ1) is 40.5. The molecule has 0 spiro atoms. The summed E-state index contributed by atoms with van der Waals surface area (Å²) in [6, 6.07) is -0.905. The number of carbonyl (C=O) groups is 1. The molecular formula is C74H141N2O6P. The summed E-state index contributed by atoms with van der Waals surface area (Å²) < 4.78 is 23.4. The van der Waals surface area contributed by atoms with E-state index in [4.69, 9.17) is 9.05 Å². The molecule has 8 nitrogen and oxygen atoms in total. The zero-order chi connectivity index (χ0) is 60.5. The number of phosphoric acid groups is 1. The van der Waals surface area contributed by atoms with Crippen LogP contribution < -0.4 is 10.2 Å². The molecule has 9 heteroatoms. The maximum atomic E-state index is 13.0. The number of allylic oxidation sites excluding steroid dienone is 9. The predicted octanol–water partition coefficient (Wildman–Crippen LogP) is 22.5. The van der Waals surface area contributed by atoms with E-state index in [9.17, 15) is 19.4 Å². The van der Waals surface area contributed by atoms with Gasteiger partial charge >= 0.3 is 0 Å². The molecule has 0 saturated carbocycles. The van der Waals surface area contributed by atoms with Gasteiger partial charge in [0.25, 0.3) is 7.82 Å². The van der Waals surface area contributed by atoms with Crippen molar-refractivity contribution >= 4 is 13.7 Å². The fourth-order valence-corrected chi connectivity index (χ4v) is 11.6.